The molecular weight excluding hydrogens is 482 g/mol. The van der Waals surface area contributed by atoms with Gasteiger partial charge in [0.15, 0.2) is 17.3 Å². The Morgan fingerprint density at radius 3 is 2.64 bits per heavy atom. The average molecular weight is 518 g/mol. The minimum Gasteiger partial charge on any atom is -0.454 e. The van der Waals surface area contributed by atoms with E-state index in [2.05, 4.69) is 39.6 Å². The summed E-state index contributed by atoms with van der Waals surface area (Å²) in [6, 6.07) is 4.38. The number of para-hydroxylation sites is 1. The summed E-state index contributed by atoms with van der Waals surface area (Å²) in [6.45, 7) is 3.94. The zero-order valence-electron chi connectivity index (χ0n) is 21.4. The number of benzene rings is 1. The molecule has 0 spiro atoms. The van der Waals surface area contributed by atoms with E-state index >= 15 is 0 Å². The summed E-state index contributed by atoms with van der Waals surface area (Å²) in [6.07, 6.45) is 9.41. The molecular formula is C25H35N5O5S. The van der Waals surface area contributed by atoms with Gasteiger partial charge in [0.25, 0.3) is 0 Å². The van der Waals surface area contributed by atoms with Gasteiger partial charge in [0.2, 0.25) is 12.7 Å². The molecule has 1 saturated carbocycles. The molecule has 10 nitrogen and oxygen atoms in total. The monoisotopic (exact) mass is 517 g/mol. The van der Waals surface area contributed by atoms with Crippen molar-refractivity contribution in [3.8, 4) is 11.5 Å². The van der Waals surface area contributed by atoms with Crippen molar-refractivity contribution in [2.75, 3.05) is 37.5 Å². The molecule has 3 amide bonds. The molecule has 1 unspecified atom stereocenters. The lowest BCUT2D eigenvalue weighted by Crippen LogP contribution is -2.51. The standard InChI is InChI=1S/C25H35N5O5S/c1-24(2)20-16(21(29-28-20)27-22(32)25(10-7-11-25)36(3,4)5)12-30(24)23(33)26-17(13-31)15-8-6-9-18-19(15)35-14-34-18/h6,8-9,17,31H,7,10-14H2,1-5H3,(H,26,33)(H2,27,28,29,32). The molecule has 3 aliphatic rings. The summed E-state index contributed by atoms with van der Waals surface area (Å²) < 4.78 is 10.7. The number of urea groups is 1. The Morgan fingerprint density at radius 1 is 1.25 bits per heavy atom. The molecule has 1 aromatic heterocycles. The van der Waals surface area contributed by atoms with Crippen molar-refractivity contribution in [1.29, 1.82) is 0 Å². The molecule has 1 aromatic carbocycles. The second-order valence-corrected chi connectivity index (χ2v) is 15.4. The van der Waals surface area contributed by atoms with Crippen molar-refractivity contribution >= 4 is 27.8 Å². The molecule has 11 heteroatoms. The Kier molecular flexibility index (Phi) is 5.90. The molecule has 36 heavy (non-hydrogen) atoms. The zero-order chi connectivity index (χ0) is 25.9. The minimum atomic E-state index is -1.11. The highest BCUT2D eigenvalue weighted by atomic mass is 32.3. The van der Waals surface area contributed by atoms with E-state index in [4.69, 9.17) is 9.47 Å². The van der Waals surface area contributed by atoms with Crippen LogP contribution in [0.15, 0.2) is 18.2 Å². The number of aliphatic hydroxyl groups is 1. The smallest absolute Gasteiger partial charge is 0.319 e. The van der Waals surface area contributed by atoms with Gasteiger partial charge in [-0.15, -0.1) is 0 Å². The zero-order valence-corrected chi connectivity index (χ0v) is 22.3. The van der Waals surface area contributed by atoms with Crippen molar-refractivity contribution in [1.82, 2.24) is 20.4 Å². The van der Waals surface area contributed by atoms with Crippen LogP contribution in [0.3, 0.4) is 0 Å². The Balaban J connectivity index is 1.34. The first kappa shape index (κ1) is 24.8. The van der Waals surface area contributed by atoms with E-state index in [9.17, 15) is 14.7 Å². The van der Waals surface area contributed by atoms with E-state index in [1.807, 2.05) is 13.8 Å². The topological polar surface area (TPSA) is 129 Å². The summed E-state index contributed by atoms with van der Waals surface area (Å²) >= 11 is 0. The van der Waals surface area contributed by atoms with Gasteiger partial charge in [-0.1, -0.05) is 12.1 Å². The summed E-state index contributed by atoms with van der Waals surface area (Å²) in [4.78, 5) is 28.5. The number of anilines is 1. The number of ether oxygens (including phenoxy) is 2. The molecule has 0 bridgehead atoms. The second kappa shape index (κ2) is 8.58. The molecule has 5 rings (SSSR count). The lowest BCUT2D eigenvalue weighted by atomic mass is 9.83. The van der Waals surface area contributed by atoms with Gasteiger partial charge in [0, 0.05) is 11.1 Å². The van der Waals surface area contributed by atoms with Crippen LogP contribution in [0.5, 0.6) is 11.5 Å². The lowest BCUT2D eigenvalue weighted by Gasteiger charge is -2.53. The van der Waals surface area contributed by atoms with Crippen LogP contribution in [0.25, 0.3) is 0 Å². The van der Waals surface area contributed by atoms with E-state index in [-0.39, 0.29) is 36.6 Å². The average Bonchev–Trinajstić information content (AvgIpc) is 3.46. The number of hydrogen-bond donors (Lipinski definition) is 4. The fourth-order valence-electron chi connectivity index (χ4n) is 5.46. The summed E-state index contributed by atoms with van der Waals surface area (Å²) in [5, 5.41) is 23.6. The Labute approximate surface area is 212 Å². The first-order valence-corrected chi connectivity index (χ1v) is 15.0. The largest absolute Gasteiger partial charge is 0.454 e. The third-order valence-corrected chi connectivity index (χ3v) is 10.9. The van der Waals surface area contributed by atoms with Crippen LogP contribution in [-0.2, 0) is 16.9 Å². The number of H-pyrrole nitrogens is 1. The van der Waals surface area contributed by atoms with Crippen LogP contribution in [0.1, 0.15) is 56.0 Å². The summed E-state index contributed by atoms with van der Waals surface area (Å²) in [5.74, 6) is 1.62. The molecule has 196 valence electrons. The Hall–Kier alpha value is -2.92. The normalized spacial score (nSPS) is 20.3. The number of hydrogen-bond acceptors (Lipinski definition) is 6. The third-order valence-electron chi connectivity index (χ3n) is 7.98. The van der Waals surface area contributed by atoms with Gasteiger partial charge in [0.1, 0.15) is 0 Å². The highest BCUT2D eigenvalue weighted by Crippen LogP contribution is 2.60. The maximum absolute atomic E-state index is 13.5. The van der Waals surface area contributed by atoms with Crippen LogP contribution in [-0.4, -0.2) is 69.1 Å². The van der Waals surface area contributed by atoms with E-state index in [1.54, 1.807) is 23.1 Å². The third kappa shape index (κ3) is 3.71. The van der Waals surface area contributed by atoms with Gasteiger partial charge in [-0.3, -0.25) is 9.89 Å². The quantitative estimate of drug-likeness (QED) is 0.466. The predicted molar refractivity (Wildman–Crippen MR) is 139 cm³/mol. The molecule has 2 aliphatic heterocycles. The molecule has 0 radical (unpaired) electrons. The fraction of sp³-hybridized carbons (Fsp3) is 0.560. The molecule has 1 aliphatic carbocycles. The van der Waals surface area contributed by atoms with Gasteiger partial charge < -0.3 is 30.1 Å². The van der Waals surface area contributed by atoms with E-state index in [0.717, 1.165) is 30.5 Å². The molecule has 1 fully saturated rings. The second-order valence-electron chi connectivity index (χ2n) is 11.0. The van der Waals surface area contributed by atoms with Crippen molar-refractivity contribution in [3.05, 3.63) is 35.0 Å². The van der Waals surface area contributed by atoms with Crippen molar-refractivity contribution < 1.29 is 24.2 Å². The van der Waals surface area contributed by atoms with Crippen molar-refractivity contribution in [3.63, 3.8) is 0 Å². The Bertz CT molecular complexity index is 1200. The van der Waals surface area contributed by atoms with Crippen molar-refractivity contribution in [2.45, 2.75) is 56.0 Å². The lowest BCUT2D eigenvalue weighted by molar-refractivity contribution is -0.120. The molecule has 0 saturated heterocycles. The number of aliphatic hydroxyl groups excluding tert-OH is 1. The van der Waals surface area contributed by atoms with Gasteiger partial charge in [-0.2, -0.15) is 5.10 Å². The van der Waals surface area contributed by atoms with Crippen LogP contribution < -0.4 is 20.1 Å². The number of rotatable bonds is 6. The van der Waals surface area contributed by atoms with Crippen LogP contribution in [0.4, 0.5) is 10.6 Å². The van der Waals surface area contributed by atoms with E-state index < -0.39 is 21.6 Å². The highest BCUT2D eigenvalue weighted by Gasteiger charge is 2.51. The first-order chi connectivity index (χ1) is 17.0. The maximum Gasteiger partial charge on any atom is 0.319 e. The number of aromatic nitrogens is 2. The number of nitrogens with zero attached hydrogens (tertiary/aromatic N) is 2. The van der Waals surface area contributed by atoms with Crippen LogP contribution in [0.2, 0.25) is 0 Å². The molecule has 4 N–H and O–H groups in total. The van der Waals surface area contributed by atoms with E-state index in [0.29, 0.717) is 22.9 Å². The molecule has 3 heterocycles. The number of amides is 3. The first-order valence-electron chi connectivity index (χ1n) is 12.1. The molecule has 2 aromatic rings. The van der Waals surface area contributed by atoms with Gasteiger partial charge in [0.05, 0.1) is 35.2 Å². The molecule has 1 atom stereocenters. The number of carbonyl (C=O) groups excluding carboxylic acids is 2. The minimum absolute atomic E-state index is 0.0201. The number of fused-ring (bicyclic) bond motifs is 2. The number of aromatic amines is 1. The van der Waals surface area contributed by atoms with Crippen LogP contribution in [0, 0.1) is 0 Å². The van der Waals surface area contributed by atoms with Gasteiger partial charge in [-0.05, 0) is 57.9 Å². The fourth-order valence-corrected chi connectivity index (χ4v) is 7.58. The number of nitrogens with one attached hydrogen (secondary N) is 3. The maximum atomic E-state index is 13.5. The summed E-state index contributed by atoms with van der Waals surface area (Å²) in [5.41, 5.74) is 1.55. The predicted octanol–water partition coefficient (Wildman–Crippen LogP) is 3.19. The van der Waals surface area contributed by atoms with Gasteiger partial charge in [-0.25, -0.2) is 14.8 Å². The highest BCUT2D eigenvalue weighted by molar-refractivity contribution is 8.33. The summed E-state index contributed by atoms with van der Waals surface area (Å²) in [7, 11) is -1.11. The van der Waals surface area contributed by atoms with Crippen molar-refractivity contribution in [2.24, 2.45) is 0 Å². The van der Waals surface area contributed by atoms with Gasteiger partial charge >= 0.3 is 6.03 Å². The number of carbonyl (C=O) groups is 2. The SMILES string of the molecule is CC1(C)c2[nH]nc(NC(=O)C3(S(C)(C)C)CCC3)c2CN1C(=O)NC(CO)c1cccc2c1OCO2. The van der Waals surface area contributed by atoms with Crippen LogP contribution >= 0.6 is 10.0 Å². The van der Waals surface area contributed by atoms with E-state index in [1.165, 1.54) is 0 Å². The Morgan fingerprint density at radius 2 is 2.00 bits per heavy atom.